The van der Waals surface area contributed by atoms with E-state index in [9.17, 15) is 9.59 Å². The average Bonchev–Trinajstić information content (AvgIpc) is 2.56. The van der Waals surface area contributed by atoms with E-state index in [-0.39, 0.29) is 12.5 Å². The molecule has 24 heavy (non-hydrogen) atoms. The third kappa shape index (κ3) is 4.56. The SMILES string of the molecule is Cc1ccc(NC(=O)COc2ccc(C(=O)NN)cc2Br)cc1C. The van der Waals surface area contributed by atoms with E-state index < -0.39 is 5.91 Å². The fraction of sp³-hybridized carbons (Fsp3) is 0.176. The van der Waals surface area contributed by atoms with E-state index >= 15 is 0 Å². The predicted octanol–water partition coefficient (Wildman–Crippen LogP) is 2.69. The van der Waals surface area contributed by atoms with Crippen LogP contribution in [0.1, 0.15) is 21.5 Å². The Morgan fingerprint density at radius 1 is 1.12 bits per heavy atom. The molecule has 0 spiro atoms. The summed E-state index contributed by atoms with van der Waals surface area (Å²) < 4.78 is 6.03. The zero-order chi connectivity index (χ0) is 17.7. The first-order valence-electron chi connectivity index (χ1n) is 7.21. The van der Waals surface area contributed by atoms with Crippen LogP contribution in [-0.4, -0.2) is 18.4 Å². The summed E-state index contributed by atoms with van der Waals surface area (Å²) in [4.78, 5) is 23.4. The van der Waals surface area contributed by atoms with Crippen LogP contribution in [0, 0.1) is 13.8 Å². The molecule has 0 aliphatic carbocycles. The maximum absolute atomic E-state index is 12.0. The first kappa shape index (κ1) is 18.0. The molecule has 2 aromatic carbocycles. The summed E-state index contributed by atoms with van der Waals surface area (Å²) in [6, 6.07) is 10.4. The van der Waals surface area contributed by atoms with Gasteiger partial charge in [-0.05, 0) is 71.2 Å². The molecule has 0 saturated heterocycles. The van der Waals surface area contributed by atoms with Gasteiger partial charge in [0, 0.05) is 11.3 Å². The third-order valence-electron chi connectivity index (χ3n) is 3.47. The summed E-state index contributed by atoms with van der Waals surface area (Å²) in [6.07, 6.45) is 0. The third-order valence-corrected chi connectivity index (χ3v) is 4.09. The minimum Gasteiger partial charge on any atom is -0.483 e. The summed E-state index contributed by atoms with van der Waals surface area (Å²) in [5.74, 6) is 4.86. The van der Waals surface area contributed by atoms with Crippen molar-refractivity contribution < 1.29 is 14.3 Å². The highest BCUT2D eigenvalue weighted by Gasteiger charge is 2.10. The normalized spacial score (nSPS) is 10.2. The molecule has 0 fully saturated rings. The number of carbonyl (C=O) groups excluding carboxylic acids is 2. The number of nitrogen functional groups attached to an aromatic ring is 1. The summed E-state index contributed by atoms with van der Waals surface area (Å²) in [5.41, 5.74) is 5.42. The molecular formula is C17H18BrN3O3. The lowest BCUT2D eigenvalue weighted by atomic mass is 10.1. The lowest BCUT2D eigenvalue weighted by Crippen LogP contribution is -2.29. The van der Waals surface area contributed by atoms with Gasteiger partial charge in [-0.25, -0.2) is 5.84 Å². The molecule has 6 nitrogen and oxygen atoms in total. The van der Waals surface area contributed by atoms with Gasteiger partial charge in [-0.2, -0.15) is 0 Å². The van der Waals surface area contributed by atoms with Crippen LogP contribution in [-0.2, 0) is 4.79 Å². The van der Waals surface area contributed by atoms with Crippen molar-refractivity contribution in [3.63, 3.8) is 0 Å². The first-order chi connectivity index (χ1) is 11.4. The topological polar surface area (TPSA) is 93.4 Å². The van der Waals surface area contributed by atoms with E-state index in [0.29, 0.717) is 15.8 Å². The molecule has 126 valence electrons. The van der Waals surface area contributed by atoms with Gasteiger partial charge in [-0.15, -0.1) is 0 Å². The fourth-order valence-electron chi connectivity index (χ4n) is 2.00. The number of nitrogens with one attached hydrogen (secondary N) is 2. The van der Waals surface area contributed by atoms with Crippen molar-refractivity contribution in [2.75, 3.05) is 11.9 Å². The fourth-order valence-corrected chi connectivity index (χ4v) is 2.50. The van der Waals surface area contributed by atoms with Crippen molar-refractivity contribution in [2.45, 2.75) is 13.8 Å². The molecule has 7 heteroatoms. The standard InChI is InChI=1S/C17H18BrN3O3/c1-10-3-5-13(7-11(10)2)20-16(22)9-24-15-6-4-12(8-14(15)18)17(23)21-19/h3-8H,9,19H2,1-2H3,(H,20,22)(H,21,23). The zero-order valence-corrected chi connectivity index (χ0v) is 14.9. The number of hydrogen-bond donors (Lipinski definition) is 3. The van der Waals surface area contributed by atoms with Crippen molar-refractivity contribution in [3.05, 3.63) is 57.6 Å². The quantitative estimate of drug-likeness (QED) is 0.414. The molecule has 0 unspecified atom stereocenters. The highest BCUT2D eigenvalue weighted by molar-refractivity contribution is 9.10. The number of hydrogen-bond acceptors (Lipinski definition) is 4. The minimum atomic E-state index is -0.408. The number of carbonyl (C=O) groups is 2. The Morgan fingerprint density at radius 2 is 1.88 bits per heavy atom. The van der Waals surface area contributed by atoms with E-state index in [1.165, 1.54) is 0 Å². The summed E-state index contributed by atoms with van der Waals surface area (Å²) in [7, 11) is 0. The number of hydrazine groups is 1. The Labute approximate surface area is 148 Å². The maximum Gasteiger partial charge on any atom is 0.265 e. The van der Waals surface area contributed by atoms with Crippen LogP contribution in [0.15, 0.2) is 40.9 Å². The van der Waals surface area contributed by atoms with E-state index in [0.717, 1.165) is 16.8 Å². The summed E-state index contributed by atoms with van der Waals surface area (Å²) in [5, 5.41) is 2.78. The molecule has 2 amide bonds. The molecular weight excluding hydrogens is 374 g/mol. The molecule has 0 aliphatic rings. The van der Waals surface area contributed by atoms with Crippen molar-refractivity contribution in [1.82, 2.24) is 5.43 Å². The van der Waals surface area contributed by atoms with Crippen molar-refractivity contribution >= 4 is 33.4 Å². The number of benzene rings is 2. The van der Waals surface area contributed by atoms with Crippen LogP contribution in [0.2, 0.25) is 0 Å². The van der Waals surface area contributed by atoms with Gasteiger partial charge >= 0.3 is 0 Å². The van der Waals surface area contributed by atoms with Crippen LogP contribution in [0.4, 0.5) is 5.69 Å². The minimum absolute atomic E-state index is 0.145. The molecule has 0 bridgehead atoms. The Balaban J connectivity index is 1.96. The average molecular weight is 392 g/mol. The molecule has 0 atom stereocenters. The van der Waals surface area contributed by atoms with Gasteiger partial charge in [0.15, 0.2) is 6.61 Å². The van der Waals surface area contributed by atoms with Gasteiger partial charge in [0.25, 0.3) is 11.8 Å². The van der Waals surface area contributed by atoms with Crippen LogP contribution in [0.25, 0.3) is 0 Å². The van der Waals surface area contributed by atoms with E-state index in [1.54, 1.807) is 18.2 Å². The molecule has 0 aliphatic heterocycles. The largest absolute Gasteiger partial charge is 0.483 e. The van der Waals surface area contributed by atoms with E-state index in [1.807, 2.05) is 37.5 Å². The van der Waals surface area contributed by atoms with Gasteiger partial charge in [0.2, 0.25) is 0 Å². The van der Waals surface area contributed by atoms with Crippen LogP contribution in [0.5, 0.6) is 5.75 Å². The molecule has 0 saturated carbocycles. The number of amides is 2. The number of ether oxygens (including phenoxy) is 1. The van der Waals surface area contributed by atoms with Crippen molar-refractivity contribution in [2.24, 2.45) is 5.84 Å². The first-order valence-corrected chi connectivity index (χ1v) is 8.00. The second-order valence-electron chi connectivity index (χ2n) is 5.25. The van der Waals surface area contributed by atoms with Gasteiger partial charge < -0.3 is 10.1 Å². The van der Waals surface area contributed by atoms with Crippen molar-refractivity contribution in [3.8, 4) is 5.75 Å². The number of nitrogens with two attached hydrogens (primary N) is 1. The van der Waals surface area contributed by atoms with Crippen LogP contribution < -0.4 is 21.3 Å². The highest BCUT2D eigenvalue weighted by atomic mass is 79.9. The second kappa shape index (κ2) is 7.94. The van der Waals surface area contributed by atoms with Gasteiger partial charge in [0.1, 0.15) is 5.75 Å². The Bertz CT molecular complexity index is 778. The molecule has 2 aromatic rings. The Morgan fingerprint density at radius 3 is 2.50 bits per heavy atom. The smallest absolute Gasteiger partial charge is 0.265 e. The Hall–Kier alpha value is -2.38. The molecule has 0 heterocycles. The predicted molar refractivity (Wildman–Crippen MR) is 95.8 cm³/mol. The molecule has 0 aromatic heterocycles. The van der Waals surface area contributed by atoms with Gasteiger partial charge in [-0.1, -0.05) is 6.07 Å². The van der Waals surface area contributed by atoms with Crippen LogP contribution >= 0.6 is 15.9 Å². The number of halogens is 1. The monoisotopic (exact) mass is 391 g/mol. The lowest BCUT2D eigenvalue weighted by Gasteiger charge is -2.11. The van der Waals surface area contributed by atoms with Crippen molar-refractivity contribution in [1.29, 1.82) is 0 Å². The zero-order valence-electron chi connectivity index (χ0n) is 13.4. The van der Waals surface area contributed by atoms with Gasteiger partial charge in [0.05, 0.1) is 4.47 Å². The number of aryl methyl sites for hydroxylation is 2. The van der Waals surface area contributed by atoms with Gasteiger partial charge in [-0.3, -0.25) is 15.0 Å². The highest BCUT2D eigenvalue weighted by Crippen LogP contribution is 2.26. The molecule has 0 radical (unpaired) electrons. The molecule has 2 rings (SSSR count). The molecule has 4 N–H and O–H groups in total. The van der Waals surface area contributed by atoms with Crippen LogP contribution in [0.3, 0.4) is 0 Å². The summed E-state index contributed by atoms with van der Waals surface area (Å²) >= 11 is 3.30. The summed E-state index contributed by atoms with van der Waals surface area (Å²) in [6.45, 7) is 3.85. The number of anilines is 1. The van der Waals surface area contributed by atoms with E-state index in [4.69, 9.17) is 10.6 Å². The maximum atomic E-state index is 12.0. The Kier molecular flexibility index (Phi) is 5.94. The lowest BCUT2D eigenvalue weighted by molar-refractivity contribution is -0.118. The van der Waals surface area contributed by atoms with E-state index in [2.05, 4.69) is 21.2 Å². The second-order valence-corrected chi connectivity index (χ2v) is 6.11. The number of rotatable bonds is 5.